The van der Waals surface area contributed by atoms with E-state index in [2.05, 4.69) is 5.32 Å². The largest absolute Gasteiger partial charge is 0.497 e. The molecule has 0 bridgehead atoms. The lowest BCUT2D eigenvalue weighted by atomic mass is 10.1. The molecule has 1 N–H and O–H groups in total. The normalized spacial score (nSPS) is 11.7. The van der Waals surface area contributed by atoms with E-state index in [0.29, 0.717) is 5.75 Å². The highest BCUT2D eigenvalue weighted by Crippen LogP contribution is 2.12. The van der Waals surface area contributed by atoms with E-state index in [1.54, 1.807) is 37.5 Å². The minimum absolute atomic E-state index is 0.230. The van der Waals surface area contributed by atoms with Crippen molar-refractivity contribution in [2.45, 2.75) is 13.0 Å². The van der Waals surface area contributed by atoms with Gasteiger partial charge in [-0.05, 0) is 55.0 Å². The van der Waals surface area contributed by atoms with Gasteiger partial charge in [-0.15, -0.1) is 0 Å². The Bertz CT molecular complexity index is 859. The van der Waals surface area contributed by atoms with E-state index in [1.807, 2.05) is 0 Å². The second-order valence-electron chi connectivity index (χ2n) is 5.87. The number of nitrogens with one attached hydrogen (secondary N) is 1. The van der Waals surface area contributed by atoms with Gasteiger partial charge in [0.15, 0.2) is 12.4 Å². The molecule has 1 atom stereocenters. The molecule has 0 saturated carbocycles. The fourth-order valence-electron chi connectivity index (χ4n) is 2.19. The molecule has 6 nitrogen and oxygen atoms in total. The molecule has 0 spiro atoms. The highest BCUT2D eigenvalue weighted by Gasteiger charge is 2.17. The van der Waals surface area contributed by atoms with E-state index < -0.39 is 36.1 Å². The Morgan fingerprint density at radius 2 is 1.71 bits per heavy atom. The van der Waals surface area contributed by atoms with E-state index in [-0.39, 0.29) is 5.56 Å². The first-order chi connectivity index (χ1) is 13.4. The lowest BCUT2D eigenvalue weighted by Gasteiger charge is -2.12. The predicted octanol–water partition coefficient (Wildman–Crippen LogP) is 2.78. The summed E-state index contributed by atoms with van der Waals surface area (Å²) in [5.74, 6) is -1.46. The molecule has 146 valence electrons. The SMILES string of the molecule is COc1ccc(C=CC(=O)NC(C)C(=O)OCC(=O)c2ccc(F)cc2)cc1. The Kier molecular flexibility index (Phi) is 7.45. The summed E-state index contributed by atoms with van der Waals surface area (Å²) in [6, 6.07) is 11.0. The van der Waals surface area contributed by atoms with E-state index in [1.165, 1.54) is 25.1 Å². The summed E-state index contributed by atoms with van der Waals surface area (Å²) in [6.07, 6.45) is 2.88. The third-order valence-corrected chi connectivity index (χ3v) is 3.77. The van der Waals surface area contributed by atoms with Crippen LogP contribution in [0.5, 0.6) is 5.75 Å². The van der Waals surface area contributed by atoms with Crippen molar-refractivity contribution in [3.8, 4) is 5.75 Å². The zero-order valence-corrected chi connectivity index (χ0v) is 15.5. The van der Waals surface area contributed by atoms with E-state index in [9.17, 15) is 18.8 Å². The molecule has 7 heteroatoms. The van der Waals surface area contributed by atoms with Gasteiger partial charge in [0.1, 0.15) is 17.6 Å². The average molecular weight is 385 g/mol. The zero-order chi connectivity index (χ0) is 20.5. The Hall–Kier alpha value is -3.48. The van der Waals surface area contributed by atoms with Crippen LogP contribution in [0.4, 0.5) is 4.39 Å². The molecule has 28 heavy (non-hydrogen) atoms. The molecule has 1 amide bonds. The summed E-state index contributed by atoms with van der Waals surface area (Å²) in [7, 11) is 1.56. The van der Waals surface area contributed by atoms with E-state index in [4.69, 9.17) is 9.47 Å². The number of Topliss-reactive ketones (excluding diaryl/α,β-unsaturated/α-hetero) is 1. The molecule has 2 aromatic rings. The van der Waals surface area contributed by atoms with Crippen molar-refractivity contribution in [2.24, 2.45) is 0 Å². The number of ether oxygens (including phenoxy) is 2. The van der Waals surface area contributed by atoms with Gasteiger partial charge < -0.3 is 14.8 Å². The summed E-state index contributed by atoms with van der Waals surface area (Å²) in [5.41, 5.74) is 1.02. The Morgan fingerprint density at radius 1 is 1.07 bits per heavy atom. The number of carbonyl (C=O) groups is 3. The minimum atomic E-state index is -0.936. The fourth-order valence-corrected chi connectivity index (χ4v) is 2.19. The van der Waals surface area contributed by atoms with Crippen LogP contribution in [0.3, 0.4) is 0 Å². The van der Waals surface area contributed by atoms with Gasteiger partial charge in [0.2, 0.25) is 5.91 Å². The molecule has 0 radical (unpaired) electrons. The maximum Gasteiger partial charge on any atom is 0.328 e. The molecular formula is C21H20FNO5. The minimum Gasteiger partial charge on any atom is -0.497 e. The molecule has 0 aromatic heterocycles. The van der Waals surface area contributed by atoms with Gasteiger partial charge >= 0.3 is 5.97 Å². The standard InChI is InChI=1S/C21H20FNO5/c1-14(21(26)28-13-19(24)16-6-8-17(22)9-7-16)23-20(25)12-5-15-3-10-18(27-2)11-4-15/h3-12,14H,13H2,1-2H3,(H,23,25). The van der Waals surface area contributed by atoms with Crippen LogP contribution in [-0.4, -0.2) is 37.4 Å². The number of methoxy groups -OCH3 is 1. The molecule has 1 unspecified atom stereocenters. The topological polar surface area (TPSA) is 81.7 Å². The van der Waals surface area contributed by atoms with Gasteiger partial charge in [-0.25, -0.2) is 9.18 Å². The third kappa shape index (κ3) is 6.35. The van der Waals surface area contributed by atoms with Crippen LogP contribution < -0.4 is 10.1 Å². The van der Waals surface area contributed by atoms with Gasteiger partial charge in [-0.2, -0.15) is 0 Å². The first kappa shape index (κ1) is 20.8. The van der Waals surface area contributed by atoms with E-state index in [0.717, 1.165) is 17.7 Å². The predicted molar refractivity (Wildman–Crippen MR) is 101 cm³/mol. The first-order valence-corrected chi connectivity index (χ1v) is 8.47. The van der Waals surface area contributed by atoms with Crippen molar-refractivity contribution in [2.75, 3.05) is 13.7 Å². The van der Waals surface area contributed by atoms with Crippen LogP contribution in [0.2, 0.25) is 0 Å². The van der Waals surface area contributed by atoms with Crippen LogP contribution in [0.15, 0.2) is 54.6 Å². The number of hydrogen-bond acceptors (Lipinski definition) is 5. The average Bonchev–Trinajstić information content (AvgIpc) is 2.71. The number of benzene rings is 2. The number of esters is 1. The summed E-state index contributed by atoms with van der Waals surface area (Å²) < 4.78 is 22.8. The summed E-state index contributed by atoms with van der Waals surface area (Å²) in [6.45, 7) is 0.955. The molecule has 0 fully saturated rings. The van der Waals surface area contributed by atoms with Crippen LogP contribution >= 0.6 is 0 Å². The second kappa shape index (κ2) is 10.0. The summed E-state index contributed by atoms with van der Waals surface area (Å²) in [5, 5.41) is 2.46. The quantitative estimate of drug-likeness (QED) is 0.429. The monoisotopic (exact) mass is 385 g/mol. The Morgan fingerprint density at radius 3 is 2.32 bits per heavy atom. The molecule has 2 rings (SSSR count). The number of amides is 1. The van der Waals surface area contributed by atoms with Crippen molar-refractivity contribution in [1.29, 1.82) is 0 Å². The molecule has 2 aromatic carbocycles. The smallest absolute Gasteiger partial charge is 0.328 e. The van der Waals surface area contributed by atoms with Crippen LogP contribution in [0.1, 0.15) is 22.8 Å². The summed E-state index contributed by atoms with van der Waals surface area (Å²) in [4.78, 5) is 35.7. The van der Waals surface area contributed by atoms with Crippen LogP contribution in [0, 0.1) is 5.82 Å². The van der Waals surface area contributed by atoms with Crippen molar-refractivity contribution >= 4 is 23.7 Å². The number of halogens is 1. The lowest BCUT2D eigenvalue weighted by molar-refractivity contribution is -0.145. The first-order valence-electron chi connectivity index (χ1n) is 8.47. The molecule has 0 aliphatic carbocycles. The highest BCUT2D eigenvalue weighted by molar-refractivity contribution is 5.98. The molecule has 0 aliphatic heterocycles. The Labute approximate surface area is 162 Å². The molecule has 0 aliphatic rings. The number of rotatable bonds is 8. The number of carbonyl (C=O) groups excluding carboxylic acids is 3. The van der Waals surface area contributed by atoms with Crippen molar-refractivity contribution in [3.05, 3.63) is 71.6 Å². The van der Waals surface area contributed by atoms with Crippen molar-refractivity contribution in [1.82, 2.24) is 5.32 Å². The van der Waals surface area contributed by atoms with Gasteiger partial charge in [0, 0.05) is 11.6 Å². The van der Waals surface area contributed by atoms with Gasteiger partial charge in [0.25, 0.3) is 0 Å². The maximum atomic E-state index is 12.8. The van der Waals surface area contributed by atoms with Crippen LogP contribution in [-0.2, 0) is 14.3 Å². The van der Waals surface area contributed by atoms with Gasteiger partial charge in [-0.3, -0.25) is 9.59 Å². The zero-order valence-electron chi connectivity index (χ0n) is 15.5. The number of hydrogen-bond donors (Lipinski definition) is 1. The highest BCUT2D eigenvalue weighted by atomic mass is 19.1. The van der Waals surface area contributed by atoms with Crippen molar-refractivity contribution in [3.63, 3.8) is 0 Å². The number of ketones is 1. The second-order valence-corrected chi connectivity index (χ2v) is 5.87. The van der Waals surface area contributed by atoms with Crippen molar-refractivity contribution < 1.29 is 28.2 Å². The fraction of sp³-hybridized carbons (Fsp3) is 0.190. The van der Waals surface area contributed by atoms with Gasteiger partial charge in [0.05, 0.1) is 7.11 Å². The van der Waals surface area contributed by atoms with Gasteiger partial charge in [-0.1, -0.05) is 12.1 Å². The molecule has 0 saturated heterocycles. The van der Waals surface area contributed by atoms with E-state index >= 15 is 0 Å². The lowest BCUT2D eigenvalue weighted by Crippen LogP contribution is -2.39. The molecule has 0 heterocycles. The summed E-state index contributed by atoms with van der Waals surface area (Å²) >= 11 is 0. The van der Waals surface area contributed by atoms with Crippen LogP contribution in [0.25, 0.3) is 6.08 Å². The Balaban J connectivity index is 1.80. The third-order valence-electron chi connectivity index (χ3n) is 3.77. The maximum absolute atomic E-state index is 12.8. The molecular weight excluding hydrogens is 365 g/mol.